The van der Waals surface area contributed by atoms with Crippen LogP contribution in [0.2, 0.25) is 0 Å². The fourth-order valence-electron chi connectivity index (χ4n) is 0. The van der Waals surface area contributed by atoms with Gasteiger partial charge in [0.25, 0.3) is 0 Å². The van der Waals surface area contributed by atoms with Gasteiger partial charge in [0, 0.05) is 11.1 Å². The first-order valence-electron chi connectivity index (χ1n) is 5.62. The molecule has 0 heterocycles. The van der Waals surface area contributed by atoms with E-state index in [1.807, 2.05) is 0 Å². The molecule has 0 fully saturated rings. The molecule has 0 aliphatic heterocycles. The van der Waals surface area contributed by atoms with Crippen molar-refractivity contribution in [1.82, 2.24) is 0 Å². The van der Waals surface area contributed by atoms with E-state index in [0.717, 1.165) is 0 Å². The lowest BCUT2D eigenvalue weighted by atomic mass is 9.94. The molecule has 18 heavy (non-hydrogen) atoms. The number of carboxylic acid groups (broad SMARTS) is 2. The molecule has 0 radical (unpaired) electrons. The van der Waals surface area contributed by atoms with Gasteiger partial charge in [0.2, 0.25) is 0 Å². The number of hydrogen-bond acceptors (Lipinski definition) is 2. The zero-order valence-electron chi connectivity index (χ0n) is 12.3. The average Bonchev–Trinajstić information content (AvgIpc) is 2.18. The van der Waals surface area contributed by atoms with Crippen molar-refractivity contribution in [3.8, 4) is 0 Å². The molecule has 0 aromatic rings. The van der Waals surface area contributed by atoms with Crippen molar-refractivity contribution in [3.05, 3.63) is 24.3 Å². The maximum atomic E-state index is 9.60. The molecule has 0 aromatic carbocycles. The highest BCUT2D eigenvalue weighted by Crippen LogP contribution is 2.16. The zero-order chi connectivity index (χ0) is 15.5. The fraction of sp³-hybridized carbons (Fsp3) is 0.571. The molecule has 0 atom stereocenters. The standard InChI is InChI=1S/C6H14.2C4H6O2/c1-5-6(2,3)4;2*1-3(2)4(5)6/h5H2,1-4H3;2*1H2,2H3,(H,5,6). The first-order valence-corrected chi connectivity index (χ1v) is 5.62. The summed E-state index contributed by atoms with van der Waals surface area (Å²) in [5, 5.41) is 15.8. The highest BCUT2D eigenvalue weighted by molar-refractivity contribution is 5.85. The Hall–Kier alpha value is -1.58. The van der Waals surface area contributed by atoms with Gasteiger partial charge in [0.15, 0.2) is 0 Å². The monoisotopic (exact) mass is 258 g/mol. The predicted molar refractivity (Wildman–Crippen MR) is 74.6 cm³/mol. The summed E-state index contributed by atoms with van der Waals surface area (Å²) < 4.78 is 0. The lowest BCUT2D eigenvalue weighted by Crippen LogP contribution is -2.00. The van der Waals surface area contributed by atoms with Gasteiger partial charge in [-0.1, -0.05) is 47.3 Å². The normalized spacial score (nSPS) is 9.00. The highest BCUT2D eigenvalue weighted by Gasteiger charge is 2.03. The van der Waals surface area contributed by atoms with E-state index in [1.54, 1.807) is 0 Å². The molecule has 0 aliphatic rings. The number of carboxylic acids is 2. The van der Waals surface area contributed by atoms with Crippen LogP contribution in [0.15, 0.2) is 24.3 Å². The van der Waals surface area contributed by atoms with E-state index < -0.39 is 11.9 Å². The highest BCUT2D eigenvalue weighted by atomic mass is 16.4. The van der Waals surface area contributed by atoms with Crippen molar-refractivity contribution < 1.29 is 19.8 Å². The van der Waals surface area contributed by atoms with Gasteiger partial charge in [-0.3, -0.25) is 0 Å². The van der Waals surface area contributed by atoms with Crippen LogP contribution in [-0.2, 0) is 9.59 Å². The first kappa shape index (κ1) is 21.7. The van der Waals surface area contributed by atoms with Crippen LogP contribution >= 0.6 is 0 Å². The van der Waals surface area contributed by atoms with E-state index in [4.69, 9.17) is 10.2 Å². The van der Waals surface area contributed by atoms with E-state index in [-0.39, 0.29) is 11.1 Å². The van der Waals surface area contributed by atoms with Crippen LogP contribution in [0.4, 0.5) is 0 Å². The van der Waals surface area contributed by atoms with E-state index in [0.29, 0.717) is 5.41 Å². The Bertz CT molecular complexity index is 247. The van der Waals surface area contributed by atoms with Crippen LogP contribution in [-0.4, -0.2) is 22.2 Å². The van der Waals surface area contributed by atoms with E-state index in [9.17, 15) is 9.59 Å². The quantitative estimate of drug-likeness (QED) is 0.740. The molecule has 0 unspecified atom stereocenters. The molecular formula is C14H26O4. The Labute approximate surface area is 110 Å². The van der Waals surface area contributed by atoms with Gasteiger partial charge < -0.3 is 10.2 Å². The largest absolute Gasteiger partial charge is 0.478 e. The van der Waals surface area contributed by atoms with Gasteiger partial charge in [-0.2, -0.15) is 0 Å². The minimum Gasteiger partial charge on any atom is -0.478 e. The molecular weight excluding hydrogens is 232 g/mol. The molecule has 0 saturated heterocycles. The third kappa shape index (κ3) is 29.3. The molecule has 0 aliphatic carbocycles. The number of hydrogen-bond donors (Lipinski definition) is 2. The van der Waals surface area contributed by atoms with Crippen LogP contribution < -0.4 is 0 Å². The van der Waals surface area contributed by atoms with Crippen molar-refractivity contribution in [2.24, 2.45) is 5.41 Å². The minimum atomic E-state index is -0.935. The summed E-state index contributed by atoms with van der Waals surface area (Å²) in [6.45, 7) is 18.1. The lowest BCUT2D eigenvalue weighted by molar-refractivity contribution is -0.133. The van der Waals surface area contributed by atoms with Crippen molar-refractivity contribution >= 4 is 11.9 Å². The second kappa shape index (κ2) is 10.6. The maximum Gasteiger partial charge on any atom is 0.330 e. The smallest absolute Gasteiger partial charge is 0.330 e. The summed E-state index contributed by atoms with van der Waals surface area (Å²) in [6.07, 6.45) is 1.27. The van der Waals surface area contributed by atoms with Crippen LogP contribution in [0.25, 0.3) is 0 Å². The van der Waals surface area contributed by atoms with Gasteiger partial charge in [-0.05, 0) is 19.3 Å². The third-order valence-electron chi connectivity index (χ3n) is 1.79. The van der Waals surface area contributed by atoms with E-state index in [1.165, 1.54) is 20.3 Å². The average molecular weight is 258 g/mol. The molecule has 0 amide bonds. The number of aliphatic carboxylic acids is 2. The van der Waals surface area contributed by atoms with Gasteiger partial charge in [0.1, 0.15) is 0 Å². The van der Waals surface area contributed by atoms with Crippen LogP contribution in [0.3, 0.4) is 0 Å². The van der Waals surface area contributed by atoms with Crippen molar-refractivity contribution in [2.45, 2.75) is 48.0 Å². The van der Waals surface area contributed by atoms with Gasteiger partial charge >= 0.3 is 11.9 Å². The number of rotatable bonds is 2. The Morgan fingerprint density at radius 2 is 1.06 bits per heavy atom. The summed E-state index contributed by atoms with van der Waals surface area (Å²) in [7, 11) is 0. The predicted octanol–water partition coefficient (Wildman–Crippen LogP) is 3.74. The van der Waals surface area contributed by atoms with Gasteiger partial charge in [-0.15, -0.1) is 0 Å². The fourth-order valence-corrected chi connectivity index (χ4v) is 0. The van der Waals surface area contributed by atoms with Crippen LogP contribution in [0.1, 0.15) is 48.0 Å². The van der Waals surface area contributed by atoms with E-state index >= 15 is 0 Å². The molecule has 4 nitrogen and oxygen atoms in total. The lowest BCUT2D eigenvalue weighted by Gasteiger charge is -2.12. The van der Waals surface area contributed by atoms with Gasteiger partial charge in [0.05, 0.1) is 0 Å². The molecule has 0 spiro atoms. The molecule has 2 N–H and O–H groups in total. The summed E-state index contributed by atoms with van der Waals surface area (Å²) in [4.78, 5) is 19.2. The van der Waals surface area contributed by atoms with E-state index in [2.05, 4.69) is 40.9 Å². The second-order valence-electron chi connectivity index (χ2n) is 5.09. The molecule has 4 heteroatoms. The number of carbonyl (C=O) groups is 2. The molecule has 0 saturated carbocycles. The third-order valence-corrected chi connectivity index (χ3v) is 1.79. The van der Waals surface area contributed by atoms with Crippen molar-refractivity contribution in [3.63, 3.8) is 0 Å². The Kier molecular flexibility index (Phi) is 12.7. The van der Waals surface area contributed by atoms with Crippen LogP contribution in [0, 0.1) is 5.41 Å². The maximum absolute atomic E-state index is 9.60. The summed E-state index contributed by atoms with van der Waals surface area (Å²) >= 11 is 0. The van der Waals surface area contributed by atoms with Crippen molar-refractivity contribution in [2.75, 3.05) is 0 Å². The summed E-state index contributed by atoms with van der Waals surface area (Å²) in [5.41, 5.74) is 0.894. The molecule has 0 rings (SSSR count). The Morgan fingerprint density at radius 1 is 0.944 bits per heavy atom. The minimum absolute atomic E-state index is 0.176. The summed E-state index contributed by atoms with van der Waals surface area (Å²) in [5.74, 6) is -1.87. The summed E-state index contributed by atoms with van der Waals surface area (Å²) in [6, 6.07) is 0. The Balaban J connectivity index is -0.000000187. The second-order valence-corrected chi connectivity index (χ2v) is 5.09. The van der Waals surface area contributed by atoms with Crippen LogP contribution in [0.5, 0.6) is 0 Å². The molecule has 106 valence electrons. The molecule has 0 aromatic heterocycles. The zero-order valence-corrected chi connectivity index (χ0v) is 12.3. The van der Waals surface area contributed by atoms with Gasteiger partial charge in [-0.25, -0.2) is 9.59 Å². The SMILES string of the molecule is C=C(C)C(=O)O.C=C(C)C(=O)O.CCC(C)(C)C. The topological polar surface area (TPSA) is 74.6 Å². The first-order chi connectivity index (χ1) is 7.85. The Morgan fingerprint density at radius 3 is 1.06 bits per heavy atom. The molecule has 0 bridgehead atoms. The van der Waals surface area contributed by atoms with Crippen molar-refractivity contribution in [1.29, 1.82) is 0 Å².